The lowest BCUT2D eigenvalue weighted by molar-refractivity contribution is 0.0168. The standard InChI is InChI=1S/C15H30N4O4S.HI/c1-16-15(18-7-9-19-8-4-12-24(19,20)21)17-6-3-10-22-13-14-5-2-11-23-14;/h14H,2-13H2,1H3,(H2,16,17,18);1H. The summed E-state index contributed by atoms with van der Waals surface area (Å²) >= 11 is 0. The Morgan fingerprint density at radius 3 is 2.76 bits per heavy atom. The van der Waals surface area contributed by atoms with Gasteiger partial charge in [0.1, 0.15) is 0 Å². The van der Waals surface area contributed by atoms with E-state index in [9.17, 15) is 8.42 Å². The lowest BCUT2D eigenvalue weighted by Crippen LogP contribution is -2.42. The minimum Gasteiger partial charge on any atom is -0.379 e. The topological polar surface area (TPSA) is 92.3 Å². The van der Waals surface area contributed by atoms with E-state index < -0.39 is 10.0 Å². The highest BCUT2D eigenvalue weighted by Gasteiger charge is 2.27. The summed E-state index contributed by atoms with van der Waals surface area (Å²) in [5.74, 6) is 0.956. The molecule has 0 bridgehead atoms. The molecule has 0 saturated carbocycles. The maximum atomic E-state index is 11.7. The zero-order chi connectivity index (χ0) is 17.3. The zero-order valence-corrected chi connectivity index (χ0v) is 18.1. The number of ether oxygens (including phenoxy) is 2. The number of rotatable bonds is 9. The molecule has 2 aliphatic rings. The number of guanidine groups is 1. The zero-order valence-electron chi connectivity index (χ0n) is 14.9. The van der Waals surface area contributed by atoms with Gasteiger partial charge in [-0.15, -0.1) is 24.0 Å². The molecule has 0 spiro atoms. The first-order valence-corrected chi connectivity index (χ1v) is 10.3. The van der Waals surface area contributed by atoms with E-state index in [0.29, 0.717) is 38.8 Å². The second kappa shape index (κ2) is 12.3. The Labute approximate surface area is 168 Å². The Balaban J connectivity index is 0.00000312. The van der Waals surface area contributed by atoms with Gasteiger partial charge < -0.3 is 20.1 Å². The lowest BCUT2D eigenvalue weighted by atomic mass is 10.2. The normalized spacial score (nSPS) is 23.4. The van der Waals surface area contributed by atoms with Crippen molar-refractivity contribution in [1.82, 2.24) is 14.9 Å². The molecule has 25 heavy (non-hydrogen) atoms. The van der Waals surface area contributed by atoms with E-state index in [1.54, 1.807) is 7.05 Å². The van der Waals surface area contributed by atoms with Gasteiger partial charge >= 0.3 is 0 Å². The maximum Gasteiger partial charge on any atom is 0.214 e. The Kier molecular flexibility index (Phi) is 11.2. The molecule has 1 unspecified atom stereocenters. The van der Waals surface area contributed by atoms with Gasteiger partial charge in [0.05, 0.1) is 18.5 Å². The van der Waals surface area contributed by atoms with Gasteiger partial charge in [0, 0.05) is 46.4 Å². The average Bonchev–Trinajstić information content (AvgIpc) is 3.18. The number of hydrogen-bond acceptors (Lipinski definition) is 5. The highest BCUT2D eigenvalue weighted by atomic mass is 127. The molecule has 1 atom stereocenters. The number of nitrogens with one attached hydrogen (secondary N) is 2. The molecule has 2 aliphatic heterocycles. The molecule has 2 N–H and O–H groups in total. The van der Waals surface area contributed by atoms with Gasteiger partial charge in [-0.2, -0.15) is 0 Å². The van der Waals surface area contributed by atoms with E-state index in [1.165, 1.54) is 4.31 Å². The number of hydrogen-bond donors (Lipinski definition) is 2. The van der Waals surface area contributed by atoms with E-state index >= 15 is 0 Å². The van der Waals surface area contributed by atoms with Crippen LogP contribution in [0, 0.1) is 0 Å². The number of sulfonamides is 1. The van der Waals surface area contributed by atoms with Crippen LogP contribution < -0.4 is 10.6 Å². The van der Waals surface area contributed by atoms with Gasteiger partial charge in [-0.25, -0.2) is 12.7 Å². The van der Waals surface area contributed by atoms with E-state index in [4.69, 9.17) is 9.47 Å². The van der Waals surface area contributed by atoms with Crippen LogP contribution >= 0.6 is 24.0 Å². The number of aliphatic imine (C=N–C) groups is 1. The molecule has 2 saturated heterocycles. The number of halogens is 1. The van der Waals surface area contributed by atoms with Crippen molar-refractivity contribution in [3.05, 3.63) is 0 Å². The molecule has 2 fully saturated rings. The largest absolute Gasteiger partial charge is 0.379 e. The van der Waals surface area contributed by atoms with Crippen molar-refractivity contribution in [2.75, 3.05) is 58.8 Å². The summed E-state index contributed by atoms with van der Waals surface area (Å²) in [5, 5.41) is 6.35. The summed E-state index contributed by atoms with van der Waals surface area (Å²) in [6.45, 7) is 4.64. The third-order valence-electron chi connectivity index (χ3n) is 4.17. The third-order valence-corrected chi connectivity index (χ3v) is 6.12. The van der Waals surface area contributed by atoms with Crippen molar-refractivity contribution >= 4 is 40.0 Å². The van der Waals surface area contributed by atoms with Crippen LogP contribution in [0.2, 0.25) is 0 Å². The van der Waals surface area contributed by atoms with Crippen LogP contribution in [-0.4, -0.2) is 83.6 Å². The molecule has 0 aromatic carbocycles. The van der Waals surface area contributed by atoms with E-state index in [0.717, 1.165) is 38.8 Å². The molecule has 0 aromatic heterocycles. The Morgan fingerprint density at radius 2 is 2.12 bits per heavy atom. The van der Waals surface area contributed by atoms with E-state index in [-0.39, 0.29) is 35.8 Å². The van der Waals surface area contributed by atoms with Crippen LogP contribution in [0.25, 0.3) is 0 Å². The average molecular weight is 490 g/mol. The van der Waals surface area contributed by atoms with Crippen molar-refractivity contribution < 1.29 is 17.9 Å². The molecule has 2 heterocycles. The van der Waals surface area contributed by atoms with Crippen LogP contribution in [0.3, 0.4) is 0 Å². The van der Waals surface area contributed by atoms with Crippen molar-refractivity contribution in [1.29, 1.82) is 0 Å². The second-order valence-electron chi connectivity index (χ2n) is 6.06. The second-order valence-corrected chi connectivity index (χ2v) is 8.15. The van der Waals surface area contributed by atoms with Crippen molar-refractivity contribution in [2.24, 2.45) is 4.99 Å². The van der Waals surface area contributed by atoms with E-state index in [2.05, 4.69) is 15.6 Å². The number of nitrogens with zero attached hydrogens (tertiary/aromatic N) is 2. The van der Waals surface area contributed by atoms with Gasteiger partial charge in [0.25, 0.3) is 0 Å². The van der Waals surface area contributed by atoms with Crippen molar-refractivity contribution in [3.8, 4) is 0 Å². The van der Waals surface area contributed by atoms with Gasteiger partial charge in [0.15, 0.2) is 5.96 Å². The van der Waals surface area contributed by atoms with Crippen LogP contribution in [0.4, 0.5) is 0 Å². The molecular weight excluding hydrogens is 459 g/mol. The SMILES string of the molecule is CN=C(NCCCOCC1CCCO1)NCCN1CCCS1(=O)=O.I. The summed E-state index contributed by atoms with van der Waals surface area (Å²) in [4.78, 5) is 4.13. The van der Waals surface area contributed by atoms with E-state index in [1.807, 2.05) is 0 Å². The fourth-order valence-electron chi connectivity index (χ4n) is 2.83. The quantitative estimate of drug-likeness (QED) is 0.210. The Morgan fingerprint density at radius 1 is 1.32 bits per heavy atom. The summed E-state index contributed by atoms with van der Waals surface area (Å²) < 4.78 is 36.0. The molecule has 8 nitrogen and oxygen atoms in total. The monoisotopic (exact) mass is 490 g/mol. The van der Waals surface area contributed by atoms with Gasteiger partial charge in [0.2, 0.25) is 10.0 Å². The maximum absolute atomic E-state index is 11.7. The third kappa shape index (κ3) is 8.37. The Hall–Kier alpha value is -0.170. The highest BCUT2D eigenvalue weighted by Crippen LogP contribution is 2.12. The van der Waals surface area contributed by atoms with Gasteiger partial charge in [-0.05, 0) is 25.7 Å². The molecule has 0 aromatic rings. The van der Waals surface area contributed by atoms with Crippen LogP contribution in [0.15, 0.2) is 4.99 Å². The van der Waals surface area contributed by atoms with Crippen molar-refractivity contribution in [3.63, 3.8) is 0 Å². The van der Waals surface area contributed by atoms with Crippen molar-refractivity contribution in [2.45, 2.75) is 31.8 Å². The predicted molar refractivity (Wildman–Crippen MR) is 109 cm³/mol. The summed E-state index contributed by atoms with van der Waals surface area (Å²) in [7, 11) is -1.32. The predicted octanol–water partition coefficient (Wildman–Crippen LogP) is 0.391. The molecule has 10 heteroatoms. The summed E-state index contributed by atoms with van der Waals surface area (Å²) in [6, 6.07) is 0. The molecule has 2 rings (SSSR count). The van der Waals surface area contributed by atoms with Gasteiger partial charge in [-0.1, -0.05) is 0 Å². The fourth-order valence-corrected chi connectivity index (χ4v) is 4.36. The first-order valence-electron chi connectivity index (χ1n) is 8.73. The smallest absolute Gasteiger partial charge is 0.214 e. The van der Waals surface area contributed by atoms with Gasteiger partial charge in [-0.3, -0.25) is 4.99 Å². The fraction of sp³-hybridized carbons (Fsp3) is 0.933. The molecule has 0 radical (unpaired) electrons. The van der Waals surface area contributed by atoms with Crippen LogP contribution in [-0.2, 0) is 19.5 Å². The molecular formula is C15H31IN4O4S. The minimum atomic E-state index is -3.02. The molecule has 148 valence electrons. The summed E-state index contributed by atoms with van der Waals surface area (Å²) in [5.41, 5.74) is 0. The first kappa shape index (κ1) is 22.9. The summed E-state index contributed by atoms with van der Waals surface area (Å²) in [6.07, 6.45) is 4.11. The minimum absolute atomic E-state index is 0. The molecule has 0 amide bonds. The first-order chi connectivity index (χ1) is 11.6. The molecule has 0 aliphatic carbocycles. The van der Waals surface area contributed by atoms with Crippen LogP contribution in [0.1, 0.15) is 25.7 Å². The highest BCUT2D eigenvalue weighted by molar-refractivity contribution is 14.0. The Bertz CT molecular complexity index is 498. The van der Waals surface area contributed by atoms with Crippen LogP contribution in [0.5, 0.6) is 0 Å². The lowest BCUT2D eigenvalue weighted by Gasteiger charge is -2.16.